The van der Waals surface area contributed by atoms with E-state index in [1.807, 2.05) is 13.8 Å². The van der Waals surface area contributed by atoms with Crippen molar-refractivity contribution in [2.75, 3.05) is 20.1 Å². The molecule has 0 radical (unpaired) electrons. The second-order valence-corrected chi connectivity index (χ2v) is 10.0. The molecule has 1 aliphatic carbocycles. The number of likely N-dealkylation sites (tertiary alicyclic amines) is 1. The van der Waals surface area contributed by atoms with Gasteiger partial charge in [-0.05, 0) is 39.2 Å². The largest absolute Gasteiger partial charge is 0.573 e. The summed E-state index contributed by atoms with van der Waals surface area (Å²) in [7, 11) is 1.52. The lowest BCUT2D eigenvalue weighted by Crippen LogP contribution is -2.62. The third-order valence-electron chi connectivity index (χ3n) is 6.70. The molecule has 0 spiro atoms. The predicted molar refractivity (Wildman–Crippen MR) is 126 cm³/mol. The summed E-state index contributed by atoms with van der Waals surface area (Å²) in [5.74, 6) is -1.99. The smallest absolute Gasteiger partial charge is 0.406 e. The Bertz CT molecular complexity index is 1020. The minimum Gasteiger partial charge on any atom is -0.406 e. The Hall–Kier alpha value is -3.25. The maximum Gasteiger partial charge on any atom is 0.573 e. The van der Waals surface area contributed by atoms with Crippen molar-refractivity contribution >= 4 is 18.0 Å². The Morgan fingerprint density at radius 2 is 1.81 bits per heavy atom. The van der Waals surface area contributed by atoms with Crippen LogP contribution in [0.3, 0.4) is 0 Å². The van der Waals surface area contributed by atoms with Gasteiger partial charge in [-0.1, -0.05) is 6.07 Å². The number of alkyl halides is 3. The van der Waals surface area contributed by atoms with Gasteiger partial charge in [-0.25, -0.2) is 14.0 Å². The Morgan fingerprint density at radius 1 is 1.14 bits per heavy atom. The molecule has 13 heteroatoms. The van der Waals surface area contributed by atoms with Crippen molar-refractivity contribution in [1.29, 1.82) is 0 Å². The van der Waals surface area contributed by atoms with Crippen LogP contribution in [-0.2, 0) is 11.3 Å². The summed E-state index contributed by atoms with van der Waals surface area (Å²) < 4.78 is 55.2. The zero-order chi connectivity index (χ0) is 27.5. The number of hydrogen-bond acceptors (Lipinski definition) is 4. The van der Waals surface area contributed by atoms with Crippen LogP contribution in [0.4, 0.5) is 27.2 Å². The Balaban J connectivity index is 1.75. The van der Waals surface area contributed by atoms with Crippen molar-refractivity contribution in [3.05, 3.63) is 29.6 Å². The molecule has 206 valence electrons. The highest BCUT2D eigenvalue weighted by Gasteiger charge is 2.45. The predicted octanol–water partition coefficient (Wildman–Crippen LogP) is 3.34. The van der Waals surface area contributed by atoms with E-state index in [1.165, 1.54) is 14.0 Å². The highest BCUT2D eigenvalue weighted by Crippen LogP contribution is 2.35. The number of ether oxygens (including phenoxy) is 1. The highest BCUT2D eigenvalue weighted by atomic mass is 19.4. The molecule has 5 amide bonds. The quantitative estimate of drug-likeness (QED) is 0.470. The van der Waals surface area contributed by atoms with Gasteiger partial charge >= 0.3 is 18.4 Å². The molecule has 2 atom stereocenters. The molecule has 2 fully saturated rings. The zero-order valence-electron chi connectivity index (χ0n) is 21.2. The highest BCUT2D eigenvalue weighted by molar-refractivity contribution is 5.77. The molecule has 0 unspecified atom stereocenters. The van der Waals surface area contributed by atoms with Gasteiger partial charge in [-0.2, -0.15) is 0 Å². The molecule has 0 aromatic heterocycles. The van der Waals surface area contributed by atoms with E-state index in [-0.39, 0.29) is 48.6 Å². The number of halogens is 4. The lowest BCUT2D eigenvalue weighted by molar-refractivity contribution is -0.274. The molecule has 3 N–H and O–H groups in total. The van der Waals surface area contributed by atoms with Crippen LogP contribution < -0.4 is 20.7 Å². The Labute approximate surface area is 212 Å². The number of carbonyl (C=O) groups excluding carboxylic acids is 3. The van der Waals surface area contributed by atoms with Crippen molar-refractivity contribution in [2.24, 2.45) is 5.92 Å². The van der Waals surface area contributed by atoms with Crippen molar-refractivity contribution in [2.45, 2.75) is 70.6 Å². The van der Waals surface area contributed by atoms with Gasteiger partial charge in [0.25, 0.3) is 0 Å². The summed E-state index contributed by atoms with van der Waals surface area (Å²) in [6.45, 7) is 5.60. The maximum absolute atomic E-state index is 14.4. The lowest BCUT2D eigenvalue weighted by atomic mass is 9.79. The molecule has 1 saturated heterocycles. The average molecular weight is 532 g/mol. The van der Waals surface area contributed by atoms with Crippen molar-refractivity contribution in [3.8, 4) is 5.75 Å². The van der Waals surface area contributed by atoms with Gasteiger partial charge in [0, 0.05) is 62.7 Å². The second-order valence-electron chi connectivity index (χ2n) is 10.0. The summed E-state index contributed by atoms with van der Waals surface area (Å²) in [6.07, 6.45) is -2.85. The lowest BCUT2D eigenvalue weighted by Gasteiger charge is -2.47. The number of hydrogen-bond donors (Lipinski definition) is 3. The number of nitrogens with one attached hydrogen (secondary N) is 3. The van der Waals surface area contributed by atoms with E-state index in [0.717, 1.165) is 25.0 Å². The first kappa shape index (κ1) is 28.3. The topological polar surface area (TPSA) is 103 Å². The fourth-order valence-corrected chi connectivity index (χ4v) is 4.79. The summed E-state index contributed by atoms with van der Waals surface area (Å²) >= 11 is 0. The van der Waals surface area contributed by atoms with Crippen LogP contribution in [-0.4, -0.2) is 71.9 Å². The molecule has 1 aromatic carbocycles. The van der Waals surface area contributed by atoms with Crippen LogP contribution in [0.1, 0.15) is 45.6 Å². The van der Waals surface area contributed by atoms with E-state index in [0.29, 0.717) is 19.0 Å². The first-order chi connectivity index (χ1) is 17.2. The number of amides is 5. The van der Waals surface area contributed by atoms with Crippen LogP contribution in [0.25, 0.3) is 0 Å². The van der Waals surface area contributed by atoms with Gasteiger partial charge in [-0.15, -0.1) is 13.2 Å². The molecular formula is C24H33F4N5O4. The minimum atomic E-state index is -4.94. The SMILES string of the molecule is CNC(=O)N1C[C@H](N(C(=O)NCc2ccc(OC(F)(F)F)cc2F)C2CC2)C[C@H](C(C)(C)NC(C)=O)C1. The van der Waals surface area contributed by atoms with Crippen LogP contribution in [0.5, 0.6) is 5.75 Å². The summed E-state index contributed by atoms with van der Waals surface area (Å²) in [5.41, 5.74) is -0.648. The molecule has 1 heterocycles. The van der Waals surface area contributed by atoms with Crippen molar-refractivity contribution in [1.82, 2.24) is 25.8 Å². The molecule has 1 aliphatic heterocycles. The normalized spacial score (nSPS) is 20.2. The van der Waals surface area contributed by atoms with E-state index in [9.17, 15) is 31.9 Å². The second kappa shape index (κ2) is 11.0. The number of urea groups is 2. The molecule has 1 aromatic rings. The van der Waals surface area contributed by atoms with Crippen molar-refractivity contribution < 1.29 is 36.7 Å². The first-order valence-electron chi connectivity index (χ1n) is 12.1. The van der Waals surface area contributed by atoms with E-state index in [2.05, 4.69) is 20.7 Å². The first-order valence-corrected chi connectivity index (χ1v) is 12.1. The van der Waals surface area contributed by atoms with Crippen LogP contribution >= 0.6 is 0 Å². The van der Waals surface area contributed by atoms with Gasteiger partial charge in [0.2, 0.25) is 5.91 Å². The fourth-order valence-electron chi connectivity index (χ4n) is 4.79. The fraction of sp³-hybridized carbons (Fsp3) is 0.625. The number of piperidine rings is 1. The zero-order valence-corrected chi connectivity index (χ0v) is 21.2. The van der Waals surface area contributed by atoms with Gasteiger partial charge < -0.3 is 30.5 Å². The standard InChI is InChI=1S/C24H33F4N5O4/c1-14(34)31-23(2,3)16-9-18(13-32(12-16)21(35)29-4)33(17-6-7-17)22(36)30-11-15-5-8-19(10-20(15)25)37-24(26,27)28/h5,8,10,16-18H,6-7,9,11-13H2,1-4H3,(H,29,35)(H,30,36)(H,31,34)/t16-,18+/m0/s1. The molecule has 2 aliphatic rings. The van der Waals surface area contributed by atoms with E-state index >= 15 is 0 Å². The maximum atomic E-state index is 14.4. The number of nitrogens with zero attached hydrogens (tertiary/aromatic N) is 2. The van der Waals surface area contributed by atoms with Crippen LogP contribution in [0, 0.1) is 11.7 Å². The molecule has 9 nitrogen and oxygen atoms in total. The van der Waals surface area contributed by atoms with E-state index < -0.39 is 29.5 Å². The van der Waals surface area contributed by atoms with Gasteiger partial charge in [0.1, 0.15) is 11.6 Å². The van der Waals surface area contributed by atoms with Crippen LogP contribution in [0.2, 0.25) is 0 Å². The van der Waals surface area contributed by atoms with E-state index in [1.54, 1.807) is 9.80 Å². The molecule has 37 heavy (non-hydrogen) atoms. The third kappa shape index (κ3) is 7.62. The van der Waals surface area contributed by atoms with Gasteiger partial charge in [0.05, 0.1) is 6.04 Å². The molecule has 3 rings (SSSR count). The molecule has 0 bridgehead atoms. The monoisotopic (exact) mass is 531 g/mol. The molecule has 1 saturated carbocycles. The Kier molecular flexibility index (Phi) is 8.43. The van der Waals surface area contributed by atoms with E-state index in [4.69, 9.17) is 0 Å². The number of carbonyl (C=O) groups is 3. The number of rotatable bonds is 7. The Morgan fingerprint density at radius 3 is 2.35 bits per heavy atom. The summed E-state index contributed by atoms with van der Waals surface area (Å²) in [6, 6.07) is 1.55. The number of benzene rings is 1. The van der Waals surface area contributed by atoms with Crippen LogP contribution in [0.15, 0.2) is 18.2 Å². The summed E-state index contributed by atoms with van der Waals surface area (Å²) in [4.78, 5) is 40.9. The van der Waals surface area contributed by atoms with Gasteiger partial charge in [0.15, 0.2) is 0 Å². The summed E-state index contributed by atoms with van der Waals surface area (Å²) in [5, 5.41) is 8.21. The third-order valence-corrected chi connectivity index (χ3v) is 6.70. The van der Waals surface area contributed by atoms with Gasteiger partial charge in [-0.3, -0.25) is 4.79 Å². The average Bonchev–Trinajstić information content (AvgIpc) is 3.61. The molecular weight excluding hydrogens is 498 g/mol. The minimum absolute atomic E-state index is 0.000999. The van der Waals surface area contributed by atoms with Crippen molar-refractivity contribution in [3.63, 3.8) is 0 Å².